The monoisotopic (exact) mass is 365 g/mol. The highest BCUT2D eigenvalue weighted by atomic mass is 35.5. The Labute approximate surface area is 146 Å². The van der Waals surface area contributed by atoms with E-state index in [1.54, 1.807) is 24.3 Å². The number of aromatic nitrogens is 1. The Morgan fingerprint density at radius 1 is 0.875 bits per heavy atom. The Hall–Kier alpha value is -1.98. The maximum absolute atomic E-state index is 14.3. The second-order valence-corrected chi connectivity index (χ2v) is 6.60. The van der Waals surface area contributed by atoms with Crippen molar-refractivity contribution in [2.75, 3.05) is 0 Å². The minimum atomic E-state index is -0.549. The standard InChI is InChI=1S/C18H11ClF3NS/c19-17-9-11(7-8-23-17)18(15-10-13(21)3-6-16(15)22)24-14-4-1-12(20)2-5-14/h1-10,18H. The van der Waals surface area contributed by atoms with Gasteiger partial charge >= 0.3 is 0 Å². The molecule has 6 heteroatoms. The highest BCUT2D eigenvalue weighted by molar-refractivity contribution is 7.99. The summed E-state index contributed by atoms with van der Waals surface area (Å²) in [6, 6.07) is 12.4. The first-order valence-electron chi connectivity index (χ1n) is 7.01. The Bertz CT molecular complexity index is 855. The van der Waals surface area contributed by atoms with Gasteiger partial charge in [-0.3, -0.25) is 0 Å². The zero-order valence-electron chi connectivity index (χ0n) is 12.2. The van der Waals surface area contributed by atoms with Crippen LogP contribution in [-0.4, -0.2) is 4.98 Å². The molecular formula is C18H11ClF3NS. The molecule has 1 unspecified atom stereocenters. The average Bonchev–Trinajstić information content (AvgIpc) is 2.57. The summed E-state index contributed by atoms with van der Waals surface area (Å²) in [7, 11) is 0. The summed E-state index contributed by atoms with van der Waals surface area (Å²) >= 11 is 7.21. The first-order valence-corrected chi connectivity index (χ1v) is 8.27. The molecule has 3 rings (SSSR count). The van der Waals surface area contributed by atoms with Crippen LogP contribution in [0.1, 0.15) is 16.4 Å². The van der Waals surface area contributed by atoms with E-state index >= 15 is 0 Å². The maximum Gasteiger partial charge on any atom is 0.129 e. The van der Waals surface area contributed by atoms with E-state index in [1.165, 1.54) is 30.1 Å². The lowest BCUT2D eigenvalue weighted by molar-refractivity contribution is 0.587. The maximum atomic E-state index is 14.3. The number of nitrogens with zero attached hydrogens (tertiary/aromatic N) is 1. The Morgan fingerprint density at radius 2 is 1.58 bits per heavy atom. The fourth-order valence-corrected chi connectivity index (χ4v) is 3.59. The quantitative estimate of drug-likeness (QED) is 0.413. The van der Waals surface area contributed by atoms with Gasteiger partial charge in [-0.25, -0.2) is 18.2 Å². The summed E-state index contributed by atoms with van der Waals surface area (Å²) in [5.41, 5.74) is 0.861. The molecule has 1 heterocycles. The molecule has 0 amide bonds. The lowest BCUT2D eigenvalue weighted by Crippen LogP contribution is -2.01. The molecule has 0 aliphatic heterocycles. The number of halogens is 4. The number of hydrogen-bond donors (Lipinski definition) is 0. The van der Waals surface area contributed by atoms with Gasteiger partial charge in [-0.1, -0.05) is 11.6 Å². The van der Waals surface area contributed by atoms with Gasteiger partial charge in [-0.15, -0.1) is 11.8 Å². The van der Waals surface area contributed by atoms with Crippen LogP contribution in [0.3, 0.4) is 0 Å². The fraction of sp³-hybridized carbons (Fsp3) is 0.0556. The Morgan fingerprint density at radius 3 is 2.29 bits per heavy atom. The predicted octanol–water partition coefficient (Wildman–Crippen LogP) is 6.03. The van der Waals surface area contributed by atoms with Crippen molar-refractivity contribution in [3.63, 3.8) is 0 Å². The van der Waals surface area contributed by atoms with Crippen molar-refractivity contribution in [2.24, 2.45) is 0 Å². The van der Waals surface area contributed by atoms with Gasteiger partial charge in [0.15, 0.2) is 0 Å². The molecule has 0 saturated carbocycles. The molecule has 0 saturated heterocycles. The zero-order valence-corrected chi connectivity index (χ0v) is 13.8. The molecule has 0 radical (unpaired) electrons. The first kappa shape index (κ1) is 16.9. The number of pyridine rings is 1. The van der Waals surface area contributed by atoms with E-state index in [1.807, 2.05) is 0 Å². The number of benzene rings is 2. The lowest BCUT2D eigenvalue weighted by atomic mass is 10.0. The van der Waals surface area contributed by atoms with Crippen molar-refractivity contribution < 1.29 is 13.2 Å². The van der Waals surface area contributed by atoms with Gasteiger partial charge in [0.25, 0.3) is 0 Å². The van der Waals surface area contributed by atoms with Crippen molar-refractivity contribution in [3.05, 3.63) is 94.5 Å². The van der Waals surface area contributed by atoms with Crippen LogP contribution >= 0.6 is 23.4 Å². The molecule has 1 nitrogen and oxygen atoms in total. The molecule has 0 fully saturated rings. The van der Waals surface area contributed by atoms with Crippen LogP contribution in [0.15, 0.2) is 65.7 Å². The third-order valence-electron chi connectivity index (χ3n) is 3.36. The second-order valence-electron chi connectivity index (χ2n) is 5.03. The smallest absolute Gasteiger partial charge is 0.129 e. The van der Waals surface area contributed by atoms with Crippen LogP contribution in [0.25, 0.3) is 0 Å². The largest absolute Gasteiger partial charge is 0.245 e. The van der Waals surface area contributed by atoms with Gasteiger partial charge in [0.05, 0.1) is 5.25 Å². The molecule has 1 aromatic heterocycles. The van der Waals surface area contributed by atoms with Crippen molar-refractivity contribution in [2.45, 2.75) is 10.1 Å². The van der Waals surface area contributed by atoms with Crippen LogP contribution < -0.4 is 0 Å². The van der Waals surface area contributed by atoms with Crippen LogP contribution in [0.5, 0.6) is 0 Å². The summed E-state index contributed by atoms with van der Waals surface area (Å²) < 4.78 is 41.0. The summed E-state index contributed by atoms with van der Waals surface area (Å²) in [5, 5.41) is -0.291. The van der Waals surface area contributed by atoms with Gasteiger partial charge in [0.1, 0.15) is 22.6 Å². The van der Waals surface area contributed by atoms with Crippen molar-refractivity contribution in [1.29, 1.82) is 0 Å². The SMILES string of the molecule is Fc1ccc(SC(c2ccnc(Cl)c2)c2cc(F)ccc2F)cc1. The molecule has 24 heavy (non-hydrogen) atoms. The average molecular weight is 366 g/mol. The molecule has 0 aliphatic rings. The van der Waals surface area contributed by atoms with Gasteiger partial charge in [-0.2, -0.15) is 0 Å². The Kier molecular flexibility index (Phi) is 5.11. The molecule has 3 aromatic rings. The first-order chi connectivity index (χ1) is 11.5. The normalized spacial score (nSPS) is 12.2. The third kappa shape index (κ3) is 3.91. The summed E-state index contributed by atoms with van der Waals surface area (Å²) in [6.07, 6.45) is 1.51. The number of hydrogen-bond acceptors (Lipinski definition) is 2. The van der Waals surface area contributed by atoms with E-state index in [4.69, 9.17) is 11.6 Å². The minimum Gasteiger partial charge on any atom is -0.245 e. The minimum absolute atomic E-state index is 0.187. The second kappa shape index (κ2) is 7.28. The molecular weight excluding hydrogens is 355 g/mol. The van der Waals surface area contributed by atoms with Gasteiger partial charge < -0.3 is 0 Å². The fourth-order valence-electron chi connectivity index (χ4n) is 2.26. The molecule has 0 aliphatic carbocycles. The number of thioether (sulfide) groups is 1. The van der Waals surface area contributed by atoms with Gasteiger partial charge in [0, 0.05) is 16.7 Å². The van der Waals surface area contributed by atoms with E-state index in [-0.39, 0.29) is 16.5 Å². The molecule has 1 atom stereocenters. The highest BCUT2D eigenvalue weighted by Gasteiger charge is 2.21. The van der Waals surface area contributed by atoms with E-state index in [0.29, 0.717) is 5.56 Å². The van der Waals surface area contributed by atoms with E-state index in [0.717, 1.165) is 23.1 Å². The van der Waals surface area contributed by atoms with Crippen molar-refractivity contribution in [1.82, 2.24) is 4.98 Å². The molecule has 0 bridgehead atoms. The summed E-state index contributed by atoms with van der Waals surface area (Å²) in [5.74, 6) is -1.42. The van der Waals surface area contributed by atoms with Crippen LogP contribution in [-0.2, 0) is 0 Å². The molecule has 0 spiro atoms. The van der Waals surface area contributed by atoms with Crippen LogP contribution in [0.2, 0.25) is 5.15 Å². The molecule has 122 valence electrons. The van der Waals surface area contributed by atoms with Gasteiger partial charge in [-0.05, 0) is 60.2 Å². The van der Waals surface area contributed by atoms with E-state index in [2.05, 4.69) is 4.98 Å². The third-order valence-corrected chi connectivity index (χ3v) is 4.87. The highest BCUT2D eigenvalue weighted by Crippen LogP contribution is 2.42. The predicted molar refractivity (Wildman–Crippen MR) is 89.7 cm³/mol. The summed E-state index contributed by atoms with van der Waals surface area (Å²) in [6.45, 7) is 0. The Balaban J connectivity index is 2.06. The van der Waals surface area contributed by atoms with E-state index < -0.39 is 16.9 Å². The topological polar surface area (TPSA) is 12.9 Å². The molecule has 2 aromatic carbocycles. The zero-order chi connectivity index (χ0) is 17.1. The lowest BCUT2D eigenvalue weighted by Gasteiger charge is -2.18. The van der Waals surface area contributed by atoms with Gasteiger partial charge in [0.2, 0.25) is 0 Å². The molecule has 0 N–H and O–H groups in total. The van der Waals surface area contributed by atoms with Crippen LogP contribution in [0.4, 0.5) is 13.2 Å². The van der Waals surface area contributed by atoms with Crippen LogP contribution in [0, 0.1) is 17.5 Å². The number of rotatable bonds is 4. The summed E-state index contributed by atoms with van der Waals surface area (Å²) in [4.78, 5) is 4.63. The van der Waals surface area contributed by atoms with Crippen molar-refractivity contribution in [3.8, 4) is 0 Å². The van der Waals surface area contributed by atoms with Crippen molar-refractivity contribution >= 4 is 23.4 Å². The van der Waals surface area contributed by atoms with E-state index in [9.17, 15) is 13.2 Å².